The van der Waals surface area contributed by atoms with E-state index in [1.165, 1.54) is 38.5 Å². The standard InChI is InChI=1S/C20H28F4/c1-2-3-15-4-6-16(7-5-15)8-9-17-10-12-18(13-11-17)19(21)14-20(22,23)24/h14-18H,2-7,10-13H2,1H3. The van der Waals surface area contributed by atoms with E-state index in [9.17, 15) is 17.6 Å². The molecule has 0 nitrogen and oxygen atoms in total. The van der Waals surface area contributed by atoms with Gasteiger partial charge < -0.3 is 0 Å². The summed E-state index contributed by atoms with van der Waals surface area (Å²) >= 11 is 0. The summed E-state index contributed by atoms with van der Waals surface area (Å²) in [6.45, 7) is 2.23. The maximum atomic E-state index is 13.6. The molecule has 2 saturated carbocycles. The van der Waals surface area contributed by atoms with Crippen LogP contribution in [0.2, 0.25) is 0 Å². The van der Waals surface area contributed by atoms with Crippen LogP contribution in [0.4, 0.5) is 17.6 Å². The summed E-state index contributed by atoms with van der Waals surface area (Å²) in [6, 6.07) is 0. The van der Waals surface area contributed by atoms with Crippen LogP contribution in [-0.2, 0) is 0 Å². The van der Waals surface area contributed by atoms with E-state index in [0.717, 1.165) is 5.92 Å². The van der Waals surface area contributed by atoms with Gasteiger partial charge in [-0.2, -0.15) is 13.2 Å². The molecule has 0 radical (unpaired) electrons. The summed E-state index contributed by atoms with van der Waals surface area (Å²) in [5.74, 6) is 6.73. The van der Waals surface area contributed by atoms with Gasteiger partial charge in [-0.25, -0.2) is 4.39 Å². The van der Waals surface area contributed by atoms with E-state index < -0.39 is 17.9 Å². The summed E-state index contributed by atoms with van der Waals surface area (Å²) < 4.78 is 50.2. The van der Waals surface area contributed by atoms with Crippen LogP contribution in [0.15, 0.2) is 11.9 Å². The molecule has 2 rings (SSSR count). The van der Waals surface area contributed by atoms with Gasteiger partial charge in [0, 0.05) is 17.8 Å². The minimum atomic E-state index is -4.56. The molecule has 0 spiro atoms. The maximum absolute atomic E-state index is 13.6. The Morgan fingerprint density at radius 2 is 1.42 bits per heavy atom. The zero-order valence-electron chi connectivity index (χ0n) is 14.5. The Balaban J connectivity index is 1.75. The molecule has 0 aromatic carbocycles. The fourth-order valence-electron chi connectivity index (χ4n) is 4.03. The number of allylic oxidation sites excluding steroid dienone is 2. The van der Waals surface area contributed by atoms with Crippen LogP contribution < -0.4 is 0 Å². The van der Waals surface area contributed by atoms with Gasteiger partial charge in [0.05, 0.1) is 6.08 Å². The van der Waals surface area contributed by atoms with Gasteiger partial charge in [0.15, 0.2) is 0 Å². The van der Waals surface area contributed by atoms with Gasteiger partial charge in [-0.3, -0.25) is 0 Å². The highest BCUT2D eigenvalue weighted by Gasteiger charge is 2.30. The molecule has 24 heavy (non-hydrogen) atoms. The molecule has 0 aliphatic heterocycles. The van der Waals surface area contributed by atoms with Crippen LogP contribution in [0.3, 0.4) is 0 Å². The lowest BCUT2D eigenvalue weighted by molar-refractivity contribution is -0.0820. The van der Waals surface area contributed by atoms with Crippen LogP contribution in [0, 0.1) is 35.5 Å². The SMILES string of the molecule is CCCC1CCC(C#CC2CCC(C(F)=CC(F)(F)F)CC2)CC1. The monoisotopic (exact) mass is 344 g/mol. The Morgan fingerprint density at radius 1 is 0.917 bits per heavy atom. The smallest absolute Gasteiger partial charge is 0.212 e. The Kier molecular flexibility index (Phi) is 7.19. The normalized spacial score (nSPS) is 32.1. The number of hydrogen-bond donors (Lipinski definition) is 0. The molecule has 0 atom stereocenters. The molecule has 2 aliphatic rings. The lowest BCUT2D eigenvalue weighted by Gasteiger charge is -2.26. The van der Waals surface area contributed by atoms with Gasteiger partial charge in [0.1, 0.15) is 5.83 Å². The summed E-state index contributed by atoms with van der Waals surface area (Å²) in [7, 11) is 0. The fraction of sp³-hybridized carbons (Fsp3) is 0.800. The number of alkyl halides is 3. The predicted octanol–water partition coefficient (Wildman–Crippen LogP) is 6.82. The number of rotatable bonds is 3. The zero-order valence-corrected chi connectivity index (χ0v) is 14.5. The molecule has 0 saturated heterocycles. The largest absolute Gasteiger partial charge is 0.412 e. The third kappa shape index (κ3) is 6.49. The van der Waals surface area contributed by atoms with E-state index in [1.54, 1.807) is 0 Å². The summed E-state index contributed by atoms with van der Waals surface area (Å²) in [5.41, 5.74) is 0. The van der Waals surface area contributed by atoms with Crippen LogP contribution in [0.1, 0.15) is 71.1 Å². The van der Waals surface area contributed by atoms with Crippen molar-refractivity contribution in [3.05, 3.63) is 11.9 Å². The molecule has 2 aliphatic carbocycles. The van der Waals surface area contributed by atoms with Gasteiger partial charge in [-0.1, -0.05) is 31.6 Å². The predicted molar refractivity (Wildman–Crippen MR) is 88.8 cm³/mol. The molecular formula is C20H28F4. The van der Waals surface area contributed by atoms with Crippen LogP contribution in [-0.4, -0.2) is 6.18 Å². The highest BCUT2D eigenvalue weighted by molar-refractivity contribution is 5.11. The molecule has 0 bridgehead atoms. The maximum Gasteiger partial charge on any atom is 0.412 e. The van der Waals surface area contributed by atoms with Crippen molar-refractivity contribution in [2.75, 3.05) is 0 Å². The van der Waals surface area contributed by atoms with E-state index >= 15 is 0 Å². The minimum absolute atomic E-state index is 0.182. The van der Waals surface area contributed by atoms with E-state index in [1.807, 2.05) is 0 Å². The molecule has 4 heteroatoms. The Morgan fingerprint density at radius 3 is 1.88 bits per heavy atom. The summed E-state index contributed by atoms with van der Waals surface area (Å²) in [4.78, 5) is 0. The van der Waals surface area contributed by atoms with Gasteiger partial charge in [-0.05, 0) is 57.3 Å². The van der Waals surface area contributed by atoms with Gasteiger partial charge in [0.25, 0.3) is 0 Å². The van der Waals surface area contributed by atoms with Crippen LogP contribution in [0.5, 0.6) is 0 Å². The molecule has 0 N–H and O–H groups in total. The fourth-order valence-corrected chi connectivity index (χ4v) is 4.03. The lowest BCUT2D eigenvalue weighted by atomic mass is 9.79. The quantitative estimate of drug-likeness (QED) is 0.389. The molecule has 0 amide bonds. The second kappa shape index (κ2) is 8.92. The van der Waals surface area contributed by atoms with Crippen molar-refractivity contribution >= 4 is 0 Å². The first kappa shape index (κ1) is 19.3. The average Bonchev–Trinajstić information content (AvgIpc) is 2.53. The van der Waals surface area contributed by atoms with Crippen molar-refractivity contribution in [2.45, 2.75) is 77.3 Å². The Hall–Kier alpha value is -0.980. The second-order valence-corrected chi connectivity index (χ2v) is 7.41. The molecule has 2 fully saturated rings. The van der Waals surface area contributed by atoms with E-state index in [0.29, 0.717) is 31.6 Å². The lowest BCUT2D eigenvalue weighted by Crippen LogP contribution is -2.16. The van der Waals surface area contributed by atoms with Crippen molar-refractivity contribution in [3.63, 3.8) is 0 Å². The van der Waals surface area contributed by atoms with E-state index in [4.69, 9.17) is 0 Å². The number of halogens is 4. The van der Waals surface area contributed by atoms with Crippen molar-refractivity contribution in [2.24, 2.45) is 23.7 Å². The summed E-state index contributed by atoms with van der Waals surface area (Å²) in [6.07, 6.45) is 5.10. The van der Waals surface area contributed by atoms with Gasteiger partial charge in [-0.15, -0.1) is 0 Å². The zero-order chi connectivity index (χ0) is 17.6. The Labute approximate surface area is 143 Å². The van der Waals surface area contributed by atoms with E-state index in [-0.39, 0.29) is 12.0 Å². The van der Waals surface area contributed by atoms with Crippen molar-refractivity contribution in [1.29, 1.82) is 0 Å². The molecule has 0 aromatic heterocycles. The molecule has 0 unspecified atom stereocenters. The molecular weight excluding hydrogens is 316 g/mol. The highest BCUT2D eigenvalue weighted by atomic mass is 19.4. The molecule has 136 valence electrons. The average molecular weight is 344 g/mol. The topological polar surface area (TPSA) is 0 Å². The van der Waals surface area contributed by atoms with Crippen molar-refractivity contribution in [1.82, 2.24) is 0 Å². The Bertz CT molecular complexity index is 464. The first-order valence-electron chi connectivity index (χ1n) is 9.33. The van der Waals surface area contributed by atoms with Crippen molar-refractivity contribution < 1.29 is 17.6 Å². The van der Waals surface area contributed by atoms with E-state index in [2.05, 4.69) is 18.8 Å². The highest BCUT2D eigenvalue weighted by Crippen LogP contribution is 2.36. The van der Waals surface area contributed by atoms with Gasteiger partial charge >= 0.3 is 6.18 Å². The minimum Gasteiger partial charge on any atom is -0.212 e. The van der Waals surface area contributed by atoms with Gasteiger partial charge in [0.2, 0.25) is 0 Å². The molecule has 0 heterocycles. The third-order valence-corrected chi connectivity index (χ3v) is 5.45. The molecule has 0 aromatic rings. The summed E-state index contributed by atoms with van der Waals surface area (Å²) in [5, 5.41) is 0. The second-order valence-electron chi connectivity index (χ2n) is 7.41. The number of hydrogen-bond acceptors (Lipinski definition) is 0. The van der Waals surface area contributed by atoms with Crippen LogP contribution in [0.25, 0.3) is 0 Å². The van der Waals surface area contributed by atoms with Crippen molar-refractivity contribution in [3.8, 4) is 11.8 Å². The first-order valence-corrected chi connectivity index (χ1v) is 9.33. The third-order valence-electron chi connectivity index (χ3n) is 5.45. The van der Waals surface area contributed by atoms with Crippen LogP contribution >= 0.6 is 0 Å². The first-order chi connectivity index (χ1) is 11.4.